The topological polar surface area (TPSA) is 61.8 Å². The Hall–Kier alpha value is -1.84. The van der Waals surface area contributed by atoms with Crippen molar-refractivity contribution in [2.24, 2.45) is 0 Å². The number of H-pyrrole nitrogens is 1. The van der Waals surface area contributed by atoms with E-state index < -0.39 is 0 Å². The summed E-state index contributed by atoms with van der Waals surface area (Å²) in [5.74, 6) is 0.313. The number of benzene rings is 1. The lowest BCUT2D eigenvalue weighted by atomic mass is 10.1. The van der Waals surface area contributed by atoms with Gasteiger partial charge in [-0.3, -0.25) is 0 Å². The van der Waals surface area contributed by atoms with Crippen LogP contribution in [0.15, 0.2) is 24.4 Å². The van der Waals surface area contributed by atoms with Crippen LogP contribution in [0.4, 0.5) is 0 Å². The van der Waals surface area contributed by atoms with Crippen LogP contribution in [0.25, 0.3) is 11.3 Å². The summed E-state index contributed by atoms with van der Waals surface area (Å²) in [5.41, 5.74) is 2.55. The lowest BCUT2D eigenvalue weighted by molar-refractivity contribution is 0.469. The van der Waals surface area contributed by atoms with Crippen molar-refractivity contribution in [2.45, 2.75) is 13.3 Å². The molecule has 0 saturated heterocycles. The molecule has 0 aliphatic heterocycles. The molecule has 0 atom stereocenters. The first-order chi connectivity index (χ1) is 6.81. The number of nitrogens with zero attached hydrogens (tertiary/aromatic N) is 2. The van der Waals surface area contributed by atoms with Crippen molar-refractivity contribution in [2.75, 3.05) is 0 Å². The van der Waals surface area contributed by atoms with E-state index in [9.17, 15) is 5.11 Å². The third-order valence-corrected chi connectivity index (χ3v) is 2.18. The summed E-state index contributed by atoms with van der Waals surface area (Å²) in [6.45, 7) is 2.00. The highest BCUT2D eigenvalue weighted by molar-refractivity contribution is 5.61. The van der Waals surface area contributed by atoms with Gasteiger partial charge in [0.2, 0.25) is 0 Å². The van der Waals surface area contributed by atoms with Gasteiger partial charge in [-0.15, -0.1) is 0 Å². The van der Waals surface area contributed by atoms with E-state index in [4.69, 9.17) is 0 Å². The van der Waals surface area contributed by atoms with Crippen molar-refractivity contribution in [3.8, 4) is 17.0 Å². The van der Waals surface area contributed by atoms with E-state index in [1.54, 1.807) is 12.3 Å². The van der Waals surface area contributed by atoms with Gasteiger partial charge in [0.05, 0.1) is 6.20 Å². The van der Waals surface area contributed by atoms with Gasteiger partial charge in [-0.1, -0.05) is 19.1 Å². The van der Waals surface area contributed by atoms with Gasteiger partial charge in [-0.2, -0.15) is 15.4 Å². The second-order valence-corrected chi connectivity index (χ2v) is 3.05. The van der Waals surface area contributed by atoms with E-state index in [-0.39, 0.29) is 0 Å². The van der Waals surface area contributed by atoms with Gasteiger partial charge in [-0.25, -0.2) is 0 Å². The first kappa shape index (κ1) is 8.74. The predicted molar refractivity (Wildman–Crippen MR) is 52.9 cm³/mol. The monoisotopic (exact) mass is 189 g/mol. The number of aromatic nitrogens is 3. The molecule has 2 N–H and O–H groups in total. The van der Waals surface area contributed by atoms with Crippen LogP contribution in [0.3, 0.4) is 0 Å². The molecule has 0 bridgehead atoms. The fourth-order valence-electron chi connectivity index (χ4n) is 1.36. The zero-order valence-electron chi connectivity index (χ0n) is 7.86. The molecule has 2 aromatic rings. The Bertz CT molecular complexity index is 423. The average Bonchev–Trinajstić information content (AvgIpc) is 2.70. The zero-order valence-corrected chi connectivity index (χ0v) is 7.86. The minimum absolute atomic E-state index is 0.313. The summed E-state index contributed by atoms with van der Waals surface area (Å²) in [7, 11) is 0. The zero-order chi connectivity index (χ0) is 9.97. The van der Waals surface area contributed by atoms with Gasteiger partial charge in [0.1, 0.15) is 11.4 Å². The van der Waals surface area contributed by atoms with E-state index in [0.29, 0.717) is 5.75 Å². The highest BCUT2D eigenvalue weighted by Crippen LogP contribution is 2.24. The third-order valence-electron chi connectivity index (χ3n) is 2.18. The summed E-state index contributed by atoms with van der Waals surface area (Å²) in [5, 5.41) is 19.8. The van der Waals surface area contributed by atoms with Crippen molar-refractivity contribution in [1.82, 2.24) is 15.4 Å². The molecule has 1 aromatic carbocycles. The lowest BCUT2D eigenvalue weighted by Gasteiger charge is -2.02. The van der Waals surface area contributed by atoms with E-state index >= 15 is 0 Å². The summed E-state index contributed by atoms with van der Waals surface area (Å²) >= 11 is 0. The molecule has 0 fully saturated rings. The summed E-state index contributed by atoms with van der Waals surface area (Å²) in [4.78, 5) is 0. The van der Waals surface area contributed by atoms with Gasteiger partial charge < -0.3 is 5.11 Å². The largest absolute Gasteiger partial charge is 0.508 e. The highest BCUT2D eigenvalue weighted by atomic mass is 16.3. The Labute approximate surface area is 81.6 Å². The van der Waals surface area contributed by atoms with E-state index in [1.807, 2.05) is 19.1 Å². The highest BCUT2D eigenvalue weighted by Gasteiger charge is 2.04. The Balaban J connectivity index is 2.43. The summed E-state index contributed by atoms with van der Waals surface area (Å²) in [6, 6.07) is 5.53. The van der Waals surface area contributed by atoms with E-state index in [2.05, 4.69) is 15.4 Å². The molecule has 0 saturated carbocycles. The SMILES string of the molecule is CCc1ccc(-c2cn[nH]n2)cc1O. The number of aromatic hydroxyl groups is 1. The molecule has 0 spiro atoms. The summed E-state index contributed by atoms with van der Waals surface area (Å²) < 4.78 is 0. The fourth-order valence-corrected chi connectivity index (χ4v) is 1.36. The standard InChI is InChI=1S/C10H11N3O/c1-2-7-3-4-8(5-10(7)14)9-6-11-13-12-9/h3-6,14H,2H2,1H3,(H,11,12,13). The van der Waals surface area contributed by atoms with Gasteiger partial charge >= 0.3 is 0 Å². The van der Waals surface area contributed by atoms with Gasteiger partial charge in [-0.05, 0) is 18.1 Å². The summed E-state index contributed by atoms with van der Waals surface area (Å²) in [6.07, 6.45) is 2.45. The fraction of sp³-hybridized carbons (Fsp3) is 0.200. The first-order valence-electron chi connectivity index (χ1n) is 4.49. The van der Waals surface area contributed by atoms with Crippen LogP contribution >= 0.6 is 0 Å². The minimum Gasteiger partial charge on any atom is -0.508 e. The third kappa shape index (κ3) is 1.46. The normalized spacial score (nSPS) is 10.4. The number of aryl methyl sites for hydroxylation is 1. The molecule has 0 unspecified atom stereocenters. The minimum atomic E-state index is 0.313. The van der Waals surface area contributed by atoms with Gasteiger partial charge in [0.25, 0.3) is 0 Å². The van der Waals surface area contributed by atoms with E-state index in [0.717, 1.165) is 23.2 Å². The van der Waals surface area contributed by atoms with Crippen LogP contribution in [0.5, 0.6) is 5.75 Å². The van der Waals surface area contributed by atoms with Crippen molar-refractivity contribution < 1.29 is 5.11 Å². The Morgan fingerprint density at radius 1 is 1.43 bits per heavy atom. The molecule has 0 aliphatic carbocycles. The van der Waals surface area contributed by atoms with Crippen molar-refractivity contribution >= 4 is 0 Å². The second-order valence-electron chi connectivity index (χ2n) is 3.05. The molecule has 72 valence electrons. The molecule has 4 nitrogen and oxygen atoms in total. The van der Waals surface area contributed by atoms with Crippen LogP contribution in [-0.2, 0) is 6.42 Å². The number of phenolic OH excluding ortho intramolecular Hbond substituents is 1. The molecule has 1 aromatic heterocycles. The Morgan fingerprint density at radius 3 is 2.86 bits per heavy atom. The maximum absolute atomic E-state index is 9.63. The van der Waals surface area contributed by atoms with Crippen LogP contribution < -0.4 is 0 Å². The quantitative estimate of drug-likeness (QED) is 0.756. The predicted octanol–water partition coefficient (Wildman–Crippen LogP) is 1.74. The second kappa shape index (κ2) is 3.49. The molecule has 0 amide bonds. The number of hydrogen-bond acceptors (Lipinski definition) is 3. The van der Waals surface area contributed by atoms with Gasteiger partial charge in [0.15, 0.2) is 0 Å². The molecular formula is C10H11N3O. The number of phenols is 1. The molecular weight excluding hydrogens is 178 g/mol. The smallest absolute Gasteiger partial charge is 0.119 e. The number of nitrogens with one attached hydrogen (secondary N) is 1. The Morgan fingerprint density at radius 2 is 2.29 bits per heavy atom. The Kier molecular flexibility index (Phi) is 2.18. The van der Waals surface area contributed by atoms with Crippen molar-refractivity contribution in [1.29, 1.82) is 0 Å². The van der Waals surface area contributed by atoms with Crippen LogP contribution in [0, 0.1) is 0 Å². The van der Waals surface area contributed by atoms with Gasteiger partial charge in [0, 0.05) is 5.56 Å². The van der Waals surface area contributed by atoms with Crippen LogP contribution in [0.1, 0.15) is 12.5 Å². The molecule has 1 heterocycles. The number of rotatable bonds is 2. The lowest BCUT2D eigenvalue weighted by Crippen LogP contribution is -1.83. The van der Waals surface area contributed by atoms with Crippen molar-refractivity contribution in [3.63, 3.8) is 0 Å². The molecule has 14 heavy (non-hydrogen) atoms. The molecule has 0 aliphatic rings. The van der Waals surface area contributed by atoms with Crippen LogP contribution in [0.2, 0.25) is 0 Å². The number of hydrogen-bond donors (Lipinski definition) is 2. The number of aromatic amines is 1. The average molecular weight is 189 g/mol. The maximum atomic E-state index is 9.63. The maximum Gasteiger partial charge on any atom is 0.119 e. The van der Waals surface area contributed by atoms with E-state index in [1.165, 1.54) is 0 Å². The molecule has 4 heteroatoms. The molecule has 0 radical (unpaired) electrons. The van der Waals surface area contributed by atoms with Crippen LogP contribution in [-0.4, -0.2) is 20.5 Å². The van der Waals surface area contributed by atoms with Crippen molar-refractivity contribution in [3.05, 3.63) is 30.0 Å². The molecule has 2 rings (SSSR count). The first-order valence-corrected chi connectivity index (χ1v) is 4.49.